The van der Waals surface area contributed by atoms with Crippen molar-refractivity contribution in [2.24, 2.45) is 0 Å². The highest BCUT2D eigenvalue weighted by molar-refractivity contribution is 5.89. The summed E-state index contributed by atoms with van der Waals surface area (Å²) in [6.45, 7) is 6.56. The van der Waals surface area contributed by atoms with Gasteiger partial charge < -0.3 is 14.8 Å². The minimum Gasteiger partial charge on any atom is -0.465 e. The molecule has 1 saturated heterocycles. The van der Waals surface area contributed by atoms with E-state index in [4.69, 9.17) is 4.74 Å². The van der Waals surface area contributed by atoms with Gasteiger partial charge >= 0.3 is 5.97 Å². The van der Waals surface area contributed by atoms with Gasteiger partial charge in [0.1, 0.15) is 0 Å². The highest BCUT2D eigenvalue weighted by Crippen LogP contribution is 2.09. The van der Waals surface area contributed by atoms with Gasteiger partial charge in [0.05, 0.1) is 31.4 Å². The first-order valence-electron chi connectivity index (χ1n) is 7.82. The van der Waals surface area contributed by atoms with Crippen LogP contribution >= 0.6 is 0 Å². The van der Waals surface area contributed by atoms with E-state index >= 15 is 0 Å². The number of amides is 1. The van der Waals surface area contributed by atoms with Crippen LogP contribution in [0, 0.1) is 0 Å². The van der Waals surface area contributed by atoms with Crippen molar-refractivity contribution in [3.63, 3.8) is 0 Å². The van der Waals surface area contributed by atoms with E-state index in [0.717, 1.165) is 18.7 Å². The Kier molecular flexibility index (Phi) is 6.12. The van der Waals surface area contributed by atoms with E-state index < -0.39 is 0 Å². The van der Waals surface area contributed by atoms with E-state index in [2.05, 4.69) is 15.0 Å². The fraction of sp³-hybridized carbons (Fsp3) is 0.529. The third-order valence-corrected chi connectivity index (χ3v) is 4.04. The molecule has 0 radical (unpaired) electrons. The van der Waals surface area contributed by atoms with Gasteiger partial charge in [0.15, 0.2) is 0 Å². The number of nitrogens with one attached hydrogen (secondary N) is 1. The molecule has 1 aliphatic heterocycles. The third kappa shape index (κ3) is 4.77. The van der Waals surface area contributed by atoms with Gasteiger partial charge in [-0.05, 0) is 31.5 Å². The fourth-order valence-electron chi connectivity index (χ4n) is 2.58. The molecule has 0 saturated carbocycles. The van der Waals surface area contributed by atoms with Crippen LogP contribution in [0.2, 0.25) is 0 Å². The number of esters is 1. The van der Waals surface area contributed by atoms with Crippen LogP contribution in [-0.2, 0) is 20.8 Å². The summed E-state index contributed by atoms with van der Waals surface area (Å²) in [5.41, 5.74) is 1.44. The van der Waals surface area contributed by atoms with Crippen LogP contribution in [0.1, 0.15) is 29.8 Å². The van der Waals surface area contributed by atoms with E-state index in [0.29, 0.717) is 18.7 Å². The maximum Gasteiger partial charge on any atom is 0.337 e. The molecule has 0 spiro atoms. The molecular weight excluding hydrogens is 296 g/mol. The molecule has 1 aromatic rings. The summed E-state index contributed by atoms with van der Waals surface area (Å²) < 4.78 is 10.2. The van der Waals surface area contributed by atoms with Gasteiger partial charge in [-0.1, -0.05) is 12.1 Å². The molecule has 0 aliphatic carbocycles. The minimum atomic E-state index is -0.365. The van der Waals surface area contributed by atoms with Crippen LogP contribution in [0.3, 0.4) is 0 Å². The summed E-state index contributed by atoms with van der Waals surface area (Å²) in [6.07, 6.45) is 0.157. The lowest BCUT2D eigenvalue weighted by Crippen LogP contribution is -2.51. The number of hydrogen-bond acceptors (Lipinski definition) is 5. The molecule has 23 heavy (non-hydrogen) atoms. The lowest BCUT2D eigenvalue weighted by molar-refractivity contribution is -0.129. The van der Waals surface area contributed by atoms with Crippen LogP contribution in [-0.4, -0.2) is 55.7 Å². The number of morpholine rings is 1. The zero-order valence-electron chi connectivity index (χ0n) is 13.9. The molecule has 1 aliphatic rings. The Bertz CT molecular complexity index is 544. The second-order valence-corrected chi connectivity index (χ2v) is 5.76. The molecule has 1 fully saturated rings. The van der Waals surface area contributed by atoms with E-state index in [1.165, 1.54) is 7.11 Å². The van der Waals surface area contributed by atoms with Gasteiger partial charge in [-0.2, -0.15) is 0 Å². The fourth-order valence-corrected chi connectivity index (χ4v) is 2.58. The van der Waals surface area contributed by atoms with Crippen LogP contribution in [0.4, 0.5) is 0 Å². The van der Waals surface area contributed by atoms with Crippen LogP contribution in [0.25, 0.3) is 0 Å². The quantitative estimate of drug-likeness (QED) is 0.826. The van der Waals surface area contributed by atoms with Crippen molar-refractivity contribution in [1.29, 1.82) is 0 Å². The predicted octanol–water partition coefficient (Wildman–Crippen LogP) is 1.20. The van der Waals surface area contributed by atoms with Crippen molar-refractivity contribution in [1.82, 2.24) is 10.2 Å². The van der Waals surface area contributed by atoms with Crippen LogP contribution < -0.4 is 5.32 Å². The maximum atomic E-state index is 12.3. The number of hydrogen-bond donors (Lipinski definition) is 1. The van der Waals surface area contributed by atoms with Gasteiger partial charge in [-0.15, -0.1) is 0 Å². The largest absolute Gasteiger partial charge is 0.465 e. The van der Waals surface area contributed by atoms with Crippen molar-refractivity contribution in [2.45, 2.75) is 32.5 Å². The Balaban J connectivity index is 1.84. The lowest BCUT2D eigenvalue weighted by Gasteiger charge is -2.34. The van der Waals surface area contributed by atoms with E-state index in [9.17, 15) is 9.59 Å². The first-order chi connectivity index (χ1) is 11.0. The molecule has 126 valence electrons. The summed E-state index contributed by atoms with van der Waals surface area (Å²) in [5.74, 6) is -0.369. The summed E-state index contributed by atoms with van der Waals surface area (Å²) in [7, 11) is 1.35. The Morgan fingerprint density at radius 1 is 1.39 bits per heavy atom. The second-order valence-electron chi connectivity index (χ2n) is 5.76. The summed E-state index contributed by atoms with van der Waals surface area (Å²) >= 11 is 0. The number of carbonyl (C=O) groups excluding carboxylic acids is 2. The van der Waals surface area contributed by atoms with Gasteiger partial charge in [-0.3, -0.25) is 9.69 Å². The standard InChI is InChI=1S/C17H24N2O4/c1-12-11-19(8-9-23-12)13(2)16(20)18-10-14-4-6-15(7-5-14)17(21)22-3/h4-7,12-13H,8-11H2,1-3H3,(H,18,20). The van der Waals surface area contributed by atoms with E-state index in [1.54, 1.807) is 12.1 Å². The van der Waals surface area contributed by atoms with Crippen molar-refractivity contribution >= 4 is 11.9 Å². The van der Waals surface area contributed by atoms with Gasteiger partial charge in [0, 0.05) is 19.6 Å². The minimum absolute atomic E-state index is 0.00357. The van der Waals surface area contributed by atoms with Crippen molar-refractivity contribution < 1.29 is 19.1 Å². The highest BCUT2D eigenvalue weighted by atomic mass is 16.5. The topological polar surface area (TPSA) is 67.9 Å². The zero-order chi connectivity index (χ0) is 16.8. The molecule has 1 aromatic carbocycles. The molecule has 6 nitrogen and oxygen atoms in total. The molecule has 2 atom stereocenters. The van der Waals surface area contributed by atoms with Crippen LogP contribution in [0.15, 0.2) is 24.3 Å². The Morgan fingerprint density at radius 2 is 2.09 bits per heavy atom. The van der Waals surface area contributed by atoms with E-state index in [1.807, 2.05) is 26.0 Å². The molecule has 2 unspecified atom stereocenters. The molecular formula is C17H24N2O4. The number of carbonyl (C=O) groups is 2. The van der Waals surface area contributed by atoms with E-state index in [-0.39, 0.29) is 24.0 Å². The Hall–Kier alpha value is -1.92. The number of nitrogens with zero attached hydrogens (tertiary/aromatic N) is 1. The molecule has 1 heterocycles. The Morgan fingerprint density at radius 3 is 2.70 bits per heavy atom. The molecule has 1 amide bonds. The summed E-state index contributed by atoms with van der Waals surface area (Å²) in [5, 5.41) is 2.94. The average Bonchev–Trinajstić information content (AvgIpc) is 2.58. The second kappa shape index (κ2) is 8.08. The van der Waals surface area contributed by atoms with Crippen molar-refractivity contribution in [3.05, 3.63) is 35.4 Å². The molecule has 1 N–H and O–H groups in total. The maximum absolute atomic E-state index is 12.3. The third-order valence-electron chi connectivity index (χ3n) is 4.04. The Labute approximate surface area is 136 Å². The lowest BCUT2D eigenvalue weighted by atomic mass is 10.1. The summed E-state index contributed by atoms with van der Waals surface area (Å²) in [4.78, 5) is 25.8. The van der Waals surface area contributed by atoms with Crippen molar-refractivity contribution in [3.8, 4) is 0 Å². The first-order valence-corrected chi connectivity index (χ1v) is 7.82. The summed E-state index contributed by atoms with van der Waals surface area (Å²) in [6, 6.07) is 6.83. The van der Waals surface area contributed by atoms with Gasteiger partial charge in [-0.25, -0.2) is 4.79 Å². The smallest absolute Gasteiger partial charge is 0.337 e. The van der Waals surface area contributed by atoms with Crippen molar-refractivity contribution in [2.75, 3.05) is 26.8 Å². The predicted molar refractivity (Wildman–Crippen MR) is 86.1 cm³/mol. The number of ether oxygens (including phenoxy) is 2. The van der Waals surface area contributed by atoms with Gasteiger partial charge in [0.25, 0.3) is 0 Å². The zero-order valence-corrected chi connectivity index (χ0v) is 13.9. The molecule has 6 heteroatoms. The SMILES string of the molecule is COC(=O)c1ccc(CNC(=O)C(C)N2CCOC(C)C2)cc1. The van der Waals surface area contributed by atoms with Crippen LogP contribution in [0.5, 0.6) is 0 Å². The number of methoxy groups -OCH3 is 1. The molecule has 2 rings (SSSR count). The average molecular weight is 320 g/mol. The molecule has 0 aromatic heterocycles. The molecule has 0 bridgehead atoms. The number of rotatable bonds is 5. The number of benzene rings is 1. The van der Waals surface area contributed by atoms with Gasteiger partial charge in [0.2, 0.25) is 5.91 Å². The first kappa shape index (κ1) is 17.4. The highest BCUT2D eigenvalue weighted by Gasteiger charge is 2.25. The normalized spacial score (nSPS) is 19.9. The monoisotopic (exact) mass is 320 g/mol.